The Bertz CT molecular complexity index is 283. The van der Waals surface area contributed by atoms with Crippen molar-refractivity contribution < 1.29 is 4.39 Å². The molecule has 0 saturated heterocycles. The van der Waals surface area contributed by atoms with Gasteiger partial charge in [-0.1, -0.05) is 32.0 Å². The summed E-state index contributed by atoms with van der Waals surface area (Å²) < 4.78 is 13.3. The molecular formula is C12H18FN. The maximum Gasteiger partial charge on any atom is 0.127 e. The molecule has 1 aromatic carbocycles. The molecule has 2 N–H and O–H groups in total. The average Bonchev–Trinajstić information content (AvgIpc) is 2.15. The van der Waals surface area contributed by atoms with E-state index < -0.39 is 0 Å². The van der Waals surface area contributed by atoms with Crippen LogP contribution < -0.4 is 5.73 Å². The minimum atomic E-state index is -0.191. The molecule has 0 radical (unpaired) electrons. The lowest BCUT2D eigenvalue weighted by Gasteiger charge is -2.13. The average molecular weight is 195 g/mol. The molecule has 1 rings (SSSR count). The van der Waals surface area contributed by atoms with Crippen molar-refractivity contribution in [3.8, 4) is 0 Å². The molecule has 0 amide bonds. The molecule has 0 aliphatic rings. The van der Waals surface area contributed by atoms with Gasteiger partial charge in [-0.05, 0) is 24.8 Å². The molecule has 0 fully saturated rings. The largest absolute Gasteiger partial charge is 0.324 e. The SMILES string of the molecule is CC(C)CC[C@@H](N)c1ccccc1F. The molecule has 0 unspecified atom stereocenters. The van der Waals surface area contributed by atoms with Crippen LogP contribution in [-0.2, 0) is 0 Å². The zero-order valence-electron chi connectivity index (χ0n) is 8.83. The van der Waals surface area contributed by atoms with Crippen LogP contribution in [0.15, 0.2) is 24.3 Å². The monoisotopic (exact) mass is 195 g/mol. The molecule has 2 heteroatoms. The summed E-state index contributed by atoms with van der Waals surface area (Å²) in [4.78, 5) is 0. The van der Waals surface area contributed by atoms with E-state index in [2.05, 4.69) is 13.8 Å². The second-order valence-corrected chi connectivity index (χ2v) is 4.10. The van der Waals surface area contributed by atoms with Crippen LogP contribution in [-0.4, -0.2) is 0 Å². The van der Waals surface area contributed by atoms with Gasteiger partial charge in [0.15, 0.2) is 0 Å². The molecule has 78 valence electrons. The minimum absolute atomic E-state index is 0.168. The molecule has 0 aliphatic carbocycles. The van der Waals surface area contributed by atoms with Crippen molar-refractivity contribution in [2.75, 3.05) is 0 Å². The molecule has 0 aromatic heterocycles. The van der Waals surface area contributed by atoms with Crippen molar-refractivity contribution in [3.63, 3.8) is 0 Å². The zero-order valence-corrected chi connectivity index (χ0v) is 8.83. The van der Waals surface area contributed by atoms with Crippen molar-refractivity contribution >= 4 is 0 Å². The van der Waals surface area contributed by atoms with Gasteiger partial charge in [-0.3, -0.25) is 0 Å². The third kappa shape index (κ3) is 3.11. The number of halogens is 1. The van der Waals surface area contributed by atoms with E-state index in [-0.39, 0.29) is 11.9 Å². The summed E-state index contributed by atoms with van der Waals surface area (Å²) in [5.41, 5.74) is 6.54. The summed E-state index contributed by atoms with van der Waals surface area (Å²) in [5.74, 6) is 0.427. The molecule has 1 nitrogen and oxygen atoms in total. The normalized spacial score (nSPS) is 13.2. The summed E-state index contributed by atoms with van der Waals surface area (Å²) in [6.45, 7) is 4.29. The summed E-state index contributed by atoms with van der Waals surface area (Å²) >= 11 is 0. The number of benzene rings is 1. The van der Waals surface area contributed by atoms with Crippen molar-refractivity contribution in [3.05, 3.63) is 35.6 Å². The van der Waals surface area contributed by atoms with E-state index in [0.29, 0.717) is 11.5 Å². The fourth-order valence-corrected chi connectivity index (χ4v) is 1.44. The fraction of sp³-hybridized carbons (Fsp3) is 0.500. The molecule has 0 spiro atoms. The lowest BCUT2D eigenvalue weighted by Crippen LogP contribution is -2.12. The summed E-state index contributed by atoms with van der Waals surface area (Å²) in [6, 6.07) is 6.57. The van der Waals surface area contributed by atoms with Crippen LogP contribution >= 0.6 is 0 Å². The first-order valence-corrected chi connectivity index (χ1v) is 5.11. The topological polar surface area (TPSA) is 26.0 Å². The number of rotatable bonds is 4. The van der Waals surface area contributed by atoms with E-state index in [1.165, 1.54) is 6.07 Å². The number of nitrogens with two attached hydrogens (primary N) is 1. The highest BCUT2D eigenvalue weighted by Crippen LogP contribution is 2.20. The second-order valence-electron chi connectivity index (χ2n) is 4.10. The fourth-order valence-electron chi connectivity index (χ4n) is 1.44. The van der Waals surface area contributed by atoms with Crippen molar-refractivity contribution in [2.24, 2.45) is 11.7 Å². The van der Waals surface area contributed by atoms with Gasteiger partial charge in [0, 0.05) is 11.6 Å². The van der Waals surface area contributed by atoms with Crippen LogP contribution in [0.25, 0.3) is 0 Å². The van der Waals surface area contributed by atoms with E-state index in [1.807, 2.05) is 6.07 Å². The lowest BCUT2D eigenvalue weighted by molar-refractivity contribution is 0.491. The first-order chi connectivity index (χ1) is 6.61. The van der Waals surface area contributed by atoms with E-state index in [1.54, 1.807) is 12.1 Å². The van der Waals surface area contributed by atoms with Crippen LogP contribution in [0.5, 0.6) is 0 Å². The third-order valence-electron chi connectivity index (χ3n) is 2.36. The Morgan fingerprint density at radius 2 is 1.86 bits per heavy atom. The van der Waals surface area contributed by atoms with Gasteiger partial charge in [0.1, 0.15) is 5.82 Å². The van der Waals surface area contributed by atoms with Gasteiger partial charge in [-0.15, -0.1) is 0 Å². The van der Waals surface area contributed by atoms with Crippen LogP contribution in [0, 0.1) is 11.7 Å². The number of hydrogen-bond donors (Lipinski definition) is 1. The first kappa shape index (κ1) is 11.2. The number of hydrogen-bond acceptors (Lipinski definition) is 1. The van der Waals surface area contributed by atoms with Gasteiger partial charge in [0.2, 0.25) is 0 Å². The highest BCUT2D eigenvalue weighted by molar-refractivity contribution is 5.20. The van der Waals surface area contributed by atoms with Crippen molar-refractivity contribution in [1.82, 2.24) is 0 Å². The third-order valence-corrected chi connectivity index (χ3v) is 2.36. The van der Waals surface area contributed by atoms with Gasteiger partial charge >= 0.3 is 0 Å². The van der Waals surface area contributed by atoms with Crippen LogP contribution in [0.4, 0.5) is 4.39 Å². The Balaban J connectivity index is 2.60. The Labute approximate surface area is 85.1 Å². The minimum Gasteiger partial charge on any atom is -0.324 e. The molecule has 0 heterocycles. The maximum absolute atomic E-state index is 13.3. The molecular weight excluding hydrogens is 177 g/mol. The van der Waals surface area contributed by atoms with E-state index >= 15 is 0 Å². The highest BCUT2D eigenvalue weighted by Gasteiger charge is 2.10. The molecule has 0 aliphatic heterocycles. The van der Waals surface area contributed by atoms with Gasteiger partial charge in [-0.25, -0.2) is 4.39 Å². The smallest absolute Gasteiger partial charge is 0.127 e. The second kappa shape index (κ2) is 5.11. The van der Waals surface area contributed by atoms with Crippen molar-refractivity contribution in [2.45, 2.75) is 32.7 Å². The van der Waals surface area contributed by atoms with Crippen LogP contribution in [0.1, 0.15) is 38.3 Å². The standard InChI is InChI=1S/C12H18FN/c1-9(2)7-8-12(14)10-5-3-4-6-11(10)13/h3-6,9,12H,7-8,14H2,1-2H3/t12-/m1/s1. The van der Waals surface area contributed by atoms with E-state index in [9.17, 15) is 4.39 Å². The Morgan fingerprint density at radius 1 is 1.21 bits per heavy atom. The van der Waals surface area contributed by atoms with Gasteiger partial charge in [-0.2, -0.15) is 0 Å². The summed E-state index contributed by atoms with van der Waals surface area (Å²) in [7, 11) is 0. The Morgan fingerprint density at radius 3 is 2.43 bits per heavy atom. The Hall–Kier alpha value is -0.890. The lowest BCUT2D eigenvalue weighted by atomic mass is 9.98. The van der Waals surface area contributed by atoms with E-state index in [0.717, 1.165) is 12.8 Å². The summed E-state index contributed by atoms with van der Waals surface area (Å²) in [6.07, 6.45) is 1.88. The summed E-state index contributed by atoms with van der Waals surface area (Å²) in [5, 5.41) is 0. The molecule has 0 saturated carbocycles. The van der Waals surface area contributed by atoms with Gasteiger partial charge in [0.05, 0.1) is 0 Å². The Kier molecular flexibility index (Phi) is 4.08. The molecule has 14 heavy (non-hydrogen) atoms. The van der Waals surface area contributed by atoms with Crippen molar-refractivity contribution in [1.29, 1.82) is 0 Å². The predicted molar refractivity (Wildman–Crippen MR) is 57.4 cm³/mol. The highest BCUT2D eigenvalue weighted by atomic mass is 19.1. The van der Waals surface area contributed by atoms with E-state index in [4.69, 9.17) is 5.73 Å². The maximum atomic E-state index is 13.3. The quantitative estimate of drug-likeness (QED) is 0.784. The molecule has 1 atom stereocenters. The molecule has 0 bridgehead atoms. The first-order valence-electron chi connectivity index (χ1n) is 5.11. The molecule has 1 aromatic rings. The zero-order chi connectivity index (χ0) is 10.6. The van der Waals surface area contributed by atoms with Crippen LogP contribution in [0.3, 0.4) is 0 Å². The van der Waals surface area contributed by atoms with Gasteiger partial charge < -0.3 is 5.73 Å². The van der Waals surface area contributed by atoms with Crippen LogP contribution in [0.2, 0.25) is 0 Å². The van der Waals surface area contributed by atoms with Gasteiger partial charge in [0.25, 0.3) is 0 Å². The predicted octanol–water partition coefficient (Wildman–Crippen LogP) is 3.26.